The lowest BCUT2D eigenvalue weighted by Crippen LogP contribution is -2.24. The Morgan fingerprint density at radius 2 is 1.83 bits per heavy atom. The predicted octanol–water partition coefficient (Wildman–Crippen LogP) is 4.22. The zero-order valence-electron chi connectivity index (χ0n) is 14.2. The molecule has 0 heterocycles. The Morgan fingerprint density at radius 3 is 2.50 bits per heavy atom. The van der Waals surface area contributed by atoms with Crippen molar-refractivity contribution < 1.29 is 9.53 Å². The van der Waals surface area contributed by atoms with Gasteiger partial charge in [0.1, 0.15) is 6.61 Å². The third-order valence-electron chi connectivity index (χ3n) is 3.69. The minimum atomic E-state index is -0.396. The highest BCUT2D eigenvalue weighted by Gasteiger charge is 2.02. The van der Waals surface area contributed by atoms with Gasteiger partial charge in [0, 0.05) is 12.2 Å². The normalized spacial score (nSPS) is 10.8. The van der Waals surface area contributed by atoms with Crippen LogP contribution in [0.4, 0.5) is 10.5 Å². The van der Waals surface area contributed by atoms with Crippen LogP contribution in [0.3, 0.4) is 0 Å². The Kier molecular flexibility index (Phi) is 6.43. The van der Waals surface area contributed by atoms with Crippen LogP contribution < -0.4 is 11.1 Å². The van der Waals surface area contributed by atoms with Gasteiger partial charge in [0.2, 0.25) is 0 Å². The molecule has 2 rings (SSSR count). The first-order chi connectivity index (χ1) is 11.6. The summed E-state index contributed by atoms with van der Waals surface area (Å²) in [6.07, 6.45) is 4.46. The van der Waals surface area contributed by atoms with E-state index < -0.39 is 6.09 Å². The fourth-order valence-electron chi connectivity index (χ4n) is 2.50. The summed E-state index contributed by atoms with van der Waals surface area (Å²) in [7, 11) is 0. The summed E-state index contributed by atoms with van der Waals surface area (Å²) < 4.78 is 5.16. The lowest BCUT2D eigenvalue weighted by Gasteiger charge is -2.07. The summed E-state index contributed by atoms with van der Waals surface area (Å²) in [5.74, 6) is 0. The SMILES string of the molecule is Cc1cc(N)cc(C)c1C=CCCNC(=O)OCc1ccccc1. The monoisotopic (exact) mass is 324 g/mol. The van der Waals surface area contributed by atoms with E-state index in [2.05, 4.69) is 11.4 Å². The fraction of sp³-hybridized carbons (Fsp3) is 0.250. The molecule has 0 atom stereocenters. The van der Waals surface area contributed by atoms with E-state index in [9.17, 15) is 4.79 Å². The van der Waals surface area contributed by atoms with Gasteiger partial charge in [-0.25, -0.2) is 4.79 Å². The number of aryl methyl sites for hydroxylation is 2. The van der Waals surface area contributed by atoms with Crippen molar-refractivity contribution in [1.82, 2.24) is 5.32 Å². The van der Waals surface area contributed by atoms with Crippen LogP contribution in [-0.4, -0.2) is 12.6 Å². The topological polar surface area (TPSA) is 64.3 Å². The number of nitrogens with one attached hydrogen (secondary N) is 1. The molecule has 4 nitrogen and oxygen atoms in total. The second-order valence-corrected chi connectivity index (χ2v) is 5.75. The van der Waals surface area contributed by atoms with E-state index in [-0.39, 0.29) is 6.61 Å². The van der Waals surface area contributed by atoms with E-state index in [1.165, 1.54) is 5.56 Å². The molecule has 0 aliphatic carbocycles. The van der Waals surface area contributed by atoms with Crippen LogP contribution in [0.5, 0.6) is 0 Å². The molecular weight excluding hydrogens is 300 g/mol. The molecule has 0 radical (unpaired) electrons. The molecule has 1 amide bonds. The number of carbonyl (C=O) groups is 1. The van der Waals surface area contributed by atoms with E-state index in [4.69, 9.17) is 10.5 Å². The standard InChI is InChI=1S/C20H24N2O2/c1-15-12-18(21)13-16(2)19(15)10-6-7-11-22-20(23)24-14-17-8-4-3-5-9-17/h3-6,8-10,12-13H,7,11,14,21H2,1-2H3,(H,22,23). The summed E-state index contributed by atoms with van der Waals surface area (Å²) >= 11 is 0. The maximum absolute atomic E-state index is 11.6. The van der Waals surface area contributed by atoms with E-state index in [1.807, 2.05) is 62.4 Å². The van der Waals surface area contributed by atoms with Crippen molar-refractivity contribution in [2.24, 2.45) is 0 Å². The molecule has 0 saturated carbocycles. The molecule has 0 spiro atoms. The number of hydrogen-bond acceptors (Lipinski definition) is 3. The number of alkyl carbamates (subject to hydrolysis) is 1. The maximum atomic E-state index is 11.6. The van der Waals surface area contributed by atoms with Crippen LogP contribution in [-0.2, 0) is 11.3 Å². The second-order valence-electron chi connectivity index (χ2n) is 5.75. The van der Waals surface area contributed by atoms with Gasteiger partial charge in [0.25, 0.3) is 0 Å². The highest BCUT2D eigenvalue weighted by atomic mass is 16.5. The van der Waals surface area contributed by atoms with Crippen LogP contribution in [0.25, 0.3) is 6.08 Å². The molecule has 0 unspecified atom stereocenters. The van der Waals surface area contributed by atoms with Crippen LogP contribution in [0.1, 0.15) is 28.7 Å². The second kappa shape index (κ2) is 8.77. The van der Waals surface area contributed by atoms with Crippen molar-refractivity contribution in [3.05, 3.63) is 70.8 Å². The third-order valence-corrected chi connectivity index (χ3v) is 3.69. The molecule has 4 heteroatoms. The highest BCUT2D eigenvalue weighted by molar-refractivity contribution is 5.67. The third kappa shape index (κ3) is 5.47. The molecule has 3 N–H and O–H groups in total. The van der Waals surface area contributed by atoms with Gasteiger partial charge in [0.05, 0.1) is 0 Å². The van der Waals surface area contributed by atoms with Crippen LogP contribution >= 0.6 is 0 Å². The van der Waals surface area contributed by atoms with Gasteiger partial charge >= 0.3 is 6.09 Å². The highest BCUT2D eigenvalue weighted by Crippen LogP contribution is 2.19. The first kappa shape index (κ1) is 17.6. The number of ether oxygens (including phenoxy) is 1. The zero-order chi connectivity index (χ0) is 17.4. The fourth-order valence-corrected chi connectivity index (χ4v) is 2.50. The Bertz CT molecular complexity index is 686. The molecule has 0 saturated heterocycles. The summed E-state index contributed by atoms with van der Waals surface area (Å²) in [5, 5.41) is 2.75. The number of rotatable bonds is 6. The summed E-state index contributed by atoms with van der Waals surface area (Å²) in [6.45, 7) is 4.91. The smallest absolute Gasteiger partial charge is 0.407 e. The molecular formula is C20H24N2O2. The molecule has 0 aliphatic heterocycles. The first-order valence-corrected chi connectivity index (χ1v) is 8.04. The van der Waals surface area contributed by atoms with Crippen LogP contribution in [0.15, 0.2) is 48.5 Å². The molecule has 24 heavy (non-hydrogen) atoms. The molecule has 0 aromatic heterocycles. The molecule has 0 bridgehead atoms. The number of nitrogen functional groups attached to an aromatic ring is 1. The maximum Gasteiger partial charge on any atom is 0.407 e. The Labute approximate surface area is 143 Å². The van der Waals surface area contributed by atoms with Crippen molar-refractivity contribution in [2.75, 3.05) is 12.3 Å². The number of carbonyl (C=O) groups excluding carboxylic acids is 1. The molecule has 126 valence electrons. The van der Waals surface area contributed by atoms with E-state index in [1.54, 1.807) is 0 Å². The molecule has 2 aromatic carbocycles. The lowest BCUT2D eigenvalue weighted by atomic mass is 10.0. The predicted molar refractivity (Wildman–Crippen MR) is 98.6 cm³/mol. The summed E-state index contributed by atoms with van der Waals surface area (Å²) in [6, 6.07) is 13.5. The zero-order valence-corrected chi connectivity index (χ0v) is 14.2. The van der Waals surface area contributed by atoms with Gasteiger partial charge in [-0.2, -0.15) is 0 Å². The quantitative estimate of drug-likeness (QED) is 0.618. The van der Waals surface area contributed by atoms with Crippen molar-refractivity contribution in [3.8, 4) is 0 Å². The van der Waals surface area contributed by atoms with Crippen molar-refractivity contribution in [2.45, 2.75) is 26.9 Å². The van der Waals surface area contributed by atoms with Crippen molar-refractivity contribution in [1.29, 1.82) is 0 Å². The number of hydrogen-bond donors (Lipinski definition) is 2. The number of anilines is 1. The Hall–Kier alpha value is -2.75. The number of nitrogens with two attached hydrogens (primary N) is 1. The van der Waals surface area contributed by atoms with Crippen molar-refractivity contribution in [3.63, 3.8) is 0 Å². The average molecular weight is 324 g/mol. The van der Waals surface area contributed by atoms with Gasteiger partial charge in [-0.3, -0.25) is 0 Å². The van der Waals surface area contributed by atoms with E-state index in [0.717, 1.165) is 28.8 Å². The molecule has 0 fully saturated rings. The summed E-state index contributed by atoms with van der Waals surface area (Å²) in [4.78, 5) is 11.6. The van der Waals surface area contributed by atoms with Gasteiger partial charge in [0.15, 0.2) is 0 Å². The largest absolute Gasteiger partial charge is 0.445 e. The van der Waals surface area contributed by atoms with E-state index in [0.29, 0.717) is 6.54 Å². The minimum Gasteiger partial charge on any atom is -0.445 e. The van der Waals surface area contributed by atoms with Gasteiger partial charge < -0.3 is 15.8 Å². The van der Waals surface area contributed by atoms with Crippen LogP contribution in [0.2, 0.25) is 0 Å². The molecule has 2 aromatic rings. The Morgan fingerprint density at radius 1 is 1.17 bits per heavy atom. The van der Waals surface area contributed by atoms with Gasteiger partial charge in [-0.15, -0.1) is 0 Å². The van der Waals surface area contributed by atoms with Gasteiger partial charge in [-0.1, -0.05) is 42.5 Å². The minimum absolute atomic E-state index is 0.284. The van der Waals surface area contributed by atoms with Gasteiger partial charge in [-0.05, 0) is 54.7 Å². The molecule has 0 aliphatic rings. The Balaban J connectivity index is 1.72. The van der Waals surface area contributed by atoms with Crippen LogP contribution in [0, 0.1) is 13.8 Å². The van der Waals surface area contributed by atoms with E-state index >= 15 is 0 Å². The van der Waals surface area contributed by atoms with Crippen molar-refractivity contribution >= 4 is 17.9 Å². The first-order valence-electron chi connectivity index (χ1n) is 8.04. The lowest BCUT2D eigenvalue weighted by molar-refractivity contribution is 0.140. The summed E-state index contributed by atoms with van der Waals surface area (Å²) in [5.41, 5.74) is 11.1. The average Bonchev–Trinajstić information content (AvgIpc) is 2.55. The number of amides is 1. The number of benzene rings is 2.